The molecule has 2 aliphatic carbocycles. The fourth-order valence-electron chi connectivity index (χ4n) is 17.3. The van der Waals surface area contributed by atoms with Crippen molar-refractivity contribution in [2.75, 3.05) is 9.80 Å². The van der Waals surface area contributed by atoms with Gasteiger partial charge in [0.05, 0.1) is 11.2 Å². The second-order valence-electron chi connectivity index (χ2n) is 29.0. The quantitative estimate of drug-likeness (QED) is 0.127. The first kappa shape index (κ1) is 60.1. The lowest BCUT2D eigenvalue weighted by atomic mass is 9.79. The number of nitrogens with zero attached hydrogens (tertiary/aromatic N) is 2. The molecule has 19 aromatic rings. The summed E-state index contributed by atoms with van der Waals surface area (Å²) in [6, 6.07) is 105. The number of ether oxygens (including phenoxy) is 1. The first-order valence-corrected chi connectivity index (χ1v) is 36.3. The van der Waals surface area contributed by atoms with Crippen LogP contribution < -0.4 is 14.5 Å². The highest BCUT2D eigenvalue weighted by Gasteiger charge is 2.47. The molecule has 0 radical (unpaired) electrons. The van der Waals surface area contributed by atoms with E-state index in [1.165, 1.54) is 0 Å². The van der Waals surface area contributed by atoms with Gasteiger partial charge in [-0.05, 0) is 192 Å². The Morgan fingerprint density at radius 3 is 1.40 bits per heavy atom. The summed E-state index contributed by atoms with van der Waals surface area (Å²) in [5, 5.41) is 11.0. The zero-order chi connectivity index (χ0) is 69.9. The maximum atomic E-state index is 7.51. The van der Waals surface area contributed by atoms with Crippen LogP contribution in [-0.4, -0.2) is 11.1 Å². The second-order valence-corrected chi connectivity index (χ2v) is 29.0. The van der Waals surface area contributed by atoms with Gasteiger partial charge in [-0.1, -0.05) is 206 Å². The summed E-state index contributed by atoms with van der Waals surface area (Å²) in [5.41, 5.74) is 24.7. The zero-order valence-corrected chi connectivity index (χ0v) is 57.9. The molecule has 8 heteroatoms. The number of anilines is 5. The molecule has 0 saturated heterocycles. The highest BCUT2D eigenvalue weighted by molar-refractivity contribution is 6.13. The van der Waals surface area contributed by atoms with Gasteiger partial charge in [0.1, 0.15) is 67.2 Å². The molecule has 0 fully saturated rings. The van der Waals surface area contributed by atoms with Gasteiger partial charge in [-0.25, -0.2) is 0 Å². The average molecular weight is 1370 g/mol. The molecule has 0 bridgehead atoms. The van der Waals surface area contributed by atoms with Gasteiger partial charge in [0.15, 0.2) is 0 Å². The summed E-state index contributed by atoms with van der Waals surface area (Å²) in [6.07, 6.45) is 14.7. The Morgan fingerprint density at radius 2 is 0.792 bits per heavy atom. The minimum atomic E-state index is -0.699. The summed E-state index contributed by atoms with van der Waals surface area (Å²) in [5.74, 6) is 0.841. The van der Waals surface area contributed by atoms with E-state index in [0.29, 0.717) is 6.42 Å². The molecule has 6 heterocycles. The van der Waals surface area contributed by atoms with Gasteiger partial charge in [0, 0.05) is 99.2 Å². The summed E-state index contributed by atoms with van der Waals surface area (Å²) < 4.78 is 39.9. The van der Waals surface area contributed by atoms with Gasteiger partial charge >= 0.3 is 0 Å². The van der Waals surface area contributed by atoms with Crippen LogP contribution >= 0.6 is 0 Å². The molecule has 0 N–H and O–H groups in total. The molecule has 0 spiro atoms. The van der Waals surface area contributed by atoms with Gasteiger partial charge in [-0.2, -0.15) is 0 Å². The second kappa shape index (κ2) is 23.0. The van der Waals surface area contributed by atoms with Crippen LogP contribution in [0.25, 0.3) is 154 Å². The summed E-state index contributed by atoms with van der Waals surface area (Å²) >= 11 is 0. The van der Waals surface area contributed by atoms with Gasteiger partial charge in [-0.15, -0.1) is 0 Å². The van der Waals surface area contributed by atoms with Crippen LogP contribution in [0.15, 0.2) is 356 Å². The van der Waals surface area contributed by atoms with E-state index >= 15 is 0 Å². The van der Waals surface area contributed by atoms with Crippen LogP contribution in [0.3, 0.4) is 0 Å². The van der Waals surface area contributed by atoms with Crippen molar-refractivity contribution >= 4 is 149 Å². The van der Waals surface area contributed by atoms with Gasteiger partial charge in [-0.3, -0.25) is 0 Å². The van der Waals surface area contributed by atoms with Crippen molar-refractivity contribution < 1.29 is 26.8 Å². The highest BCUT2D eigenvalue weighted by atomic mass is 16.5. The molecule has 22 rings (SSSR count). The topological polar surface area (TPSA) is 81.4 Å². The number of benzene rings is 14. The first-order chi connectivity index (χ1) is 52.2. The van der Waals surface area contributed by atoms with Crippen LogP contribution in [0, 0.1) is 0 Å². The van der Waals surface area contributed by atoms with Crippen molar-refractivity contribution in [3.05, 3.63) is 350 Å². The fraction of sp³-hybridized carbons (Fsp3) is 0.0612. The number of fused-ring (bicyclic) bond motifs is 18. The molecule has 14 aromatic carbocycles. The maximum Gasteiger partial charge on any atom is 0.148 e. The van der Waals surface area contributed by atoms with Crippen molar-refractivity contribution in [2.45, 2.75) is 37.3 Å². The van der Waals surface area contributed by atoms with Crippen LogP contribution in [0.1, 0.15) is 42.9 Å². The van der Waals surface area contributed by atoms with Crippen molar-refractivity contribution in [3.8, 4) is 39.1 Å². The number of para-hydroxylation sites is 7. The van der Waals surface area contributed by atoms with Gasteiger partial charge in [0.2, 0.25) is 0 Å². The Balaban J connectivity index is 0.571. The fourth-order valence-corrected chi connectivity index (χ4v) is 17.3. The van der Waals surface area contributed by atoms with E-state index in [2.05, 4.69) is 315 Å². The van der Waals surface area contributed by atoms with E-state index in [1.54, 1.807) is 0 Å². The molecule has 0 saturated carbocycles. The predicted molar refractivity (Wildman–Crippen MR) is 434 cm³/mol. The van der Waals surface area contributed by atoms with Crippen molar-refractivity contribution in [3.63, 3.8) is 0 Å². The normalized spacial score (nSPS) is 17.0. The molecule has 3 unspecified atom stereocenters. The monoisotopic (exact) mass is 1360 g/mol. The molecule has 8 nitrogen and oxygen atoms in total. The smallest absolute Gasteiger partial charge is 0.148 e. The molecular weight excluding hydrogens is 1300 g/mol. The molecular formula is C98H64N2O6. The Hall–Kier alpha value is -13.6. The van der Waals surface area contributed by atoms with E-state index in [9.17, 15) is 0 Å². The minimum Gasteiger partial charge on any atom is -0.480 e. The van der Waals surface area contributed by atoms with Gasteiger partial charge in [0.25, 0.3) is 0 Å². The van der Waals surface area contributed by atoms with Crippen molar-refractivity contribution in [1.82, 2.24) is 0 Å². The highest BCUT2D eigenvalue weighted by Crippen LogP contribution is 2.56. The third-order valence-corrected chi connectivity index (χ3v) is 22.6. The van der Waals surface area contributed by atoms with E-state index in [4.69, 9.17) is 26.8 Å². The lowest BCUT2D eigenvalue weighted by Gasteiger charge is -2.43. The van der Waals surface area contributed by atoms with Crippen molar-refractivity contribution in [1.29, 1.82) is 0 Å². The molecule has 1 aliphatic heterocycles. The van der Waals surface area contributed by atoms with Crippen LogP contribution in [0.2, 0.25) is 0 Å². The standard InChI is InChI=1S/C98H64N2O6/c1-97(52-50-62(51-53-97)72-19-12-21-79-74-15-4-10-27-89(74)105-95(72)79)100(69-42-32-61(33-43-69)71-18-11-20-78-73-14-3-9-26-88(73)104-94(71)78)85-23-13-22-80-84-46-35-66(58-98(84,2)106-96(80)85)65-34-45-77-82-55-64(37-48-91(82)103-93(77)56-65)60-30-40-68(41-31-60)99(70-44-49-92-83(57-70)76-17-6-8-25-87(76)102-92)67-38-28-59(29-39-67)63-36-47-90-81(54-63)75-16-5-7-24-86(75)101-90/h3-52,54-58,84H,53H2,1-2H3. The summed E-state index contributed by atoms with van der Waals surface area (Å²) in [4.78, 5) is 4.81. The maximum absolute atomic E-state index is 7.51. The summed E-state index contributed by atoms with van der Waals surface area (Å²) in [7, 11) is 0. The number of furan rings is 5. The Morgan fingerprint density at radius 1 is 0.330 bits per heavy atom. The Bertz CT molecular complexity index is 7010. The number of hydrogen-bond acceptors (Lipinski definition) is 8. The third kappa shape index (κ3) is 9.40. The van der Waals surface area contributed by atoms with Crippen molar-refractivity contribution in [2.24, 2.45) is 0 Å². The SMILES string of the molecule is CC12C=C(c3ccc4c(c3)oc3ccc(-c5ccc(N(c6ccc(-c7ccc8oc9ccccc9c8c7)cc6)c6ccc7oc8ccccc8c7c6)cc5)cc34)C=CC1c1cccc(N(c3ccc(-c4cccc5c4oc4ccccc45)cc3)C3(C)C=CC(c4cccc5c4oc4ccccc45)=CC3)c1O2. The summed E-state index contributed by atoms with van der Waals surface area (Å²) in [6.45, 7) is 4.57. The van der Waals surface area contributed by atoms with Crippen LogP contribution in [-0.2, 0) is 0 Å². The third-order valence-electron chi connectivity index (χ3n) is 22.6. The number of allylic oxidation sites excluding steroid dienone is 4. The zero-order valence-electron chi connectivity index (χ0n) is 57.9. The lowest BCUT2D eigenvalue weighted by molar-refractivity contribution is 0.156. The van der Waals surface area contributed by atoms with Crippen LogP contribution in [0.5, 0.6) is 5.75 Å². The Labute approximate surface area is 609 Å². The molecule has 5 aromatic heterocycles. The molecule has 3 aliphatic rings. The lowest BCUT2D eigenvalue weighted by Crippen LogP contribution is -2.42. The van der Waals surface area contributed by atoms with E-state index < -0.39 is 11.1 Å². The number of hydrogen-bond donors (Lipinski definition) is 0. The molecule has 0 amide bonds. The predicted octanol–water partition coefficient (Wildman–Crippen LogP) is 27.5. The molecule has 106 heavy (non-hydrogen) atoms. The largest absolute Gasteiger partial charge is 0.480 e. The Kier molecular flexibility index (Phi) is 13.0. The van der Waals surface area contributed by atoms with E-state index in [-0.39, 0.29) is 5.92 Å². The number of rotatable bonds is 11. The molecule has 3 atom stereocenters. The minimum absolute atomic E-state index is 0.0356. The van der Waals surface area contributed by atoms with E-state index in [0.717, 1.165) is 205 Å². The van der Waals surface area contributed by atoms with E-state index in [1.807, 2.05) is 42.5 Å². The van der Waals surface area contributed by atoms with Gasteiger partial charge < -0.3 is 36.6 Å². The molecule has 502 valence electrons. The average Bonchev–Trinajstić information content (AvgIpc) is 1.53. The first-order valence-electron chi connectivity index (χ1n) is 36.3. The van der Waals surface area contributed by atoms with Crippen LogP contribution in [0.4, 0.5) is 28.4 Å².